The molecule has 48 heavy (non-hydrogen) atoms. The van der Waals surface area contributed by atoms with Crippen molar-refractivity contribution >= 4 is 45.8 Å². The smallest absolute Gasteiger partial charge is 0.406 e. The van der Waals surface area contributed by atoms with Gasteiger partial charge in [0, 0.05) is 49.9 Å². The summed E-state index contributed by atoms with van der Waals surface area (Å²) >= 11 is 12.3. The van der Waals surface area contributed by atoms with Gasteiger partial charge in [-0.2, -0.15) is 0 Å². The van der Waals surface area contributed by atoms with Crippen LogP contribution in [0, 0.1) is 0 Å². The van der Waals surface area contributed by atoms with Crippen molar-refractivity contribution in [2.75, 3.05) is 31.2 Å². The zero-order chi connectivity index (χ0) is 33.8. The second-order valence-corrected chi connectivity index (χ2v) is 12.3. The molecule has 6 rings (SSSR count). The number of rotatable bonds is 11. The van der Waals surface area contributed by atoms with E-state index in [4.69, 9.17) is 38.7 Å². The molecule has 0 saturated carbocycles. The Balaban J connectivity index is 1.34. The third-order valence-corrected chi connectivity index (χ3v) is 8.85. The van der Waals surface area contributed by atoms with Crippen LogP contribution in [0.2, 0.25) is 10.0 Å². The van der Waals surface area contributed by atoms with E-state index in [1.165, 1.54) is 12.1 Å². The highest BCUT2D eigenvalue weighted by Crippen LogP contribution is 2.31. The first-order chi connectivity index (χ1) is 23.0. The van der Waals surface area contributed by atoms with Crippen molar-refractivity contribution < 1.29 is 27.4 Å². The van der Waals surface area contributed by atoms with Gasteiger partial charge in [-0.1, -0.05) is 47.5 Å². The zero-order valence-electron chi connectivity index (χ0n) is 25.6. The Hall–Kier alpha value is -4.29. The summed E-state index contributed by atoms with van der Waals surface area (Å²) in [6.45, 7) is 3.71. The number of nitrogens with two attached hydrogens (primary N) is 1. The lowest BCUT2D eigenvalue weighted by Gasteiger charge is -2.28. The van der Waals surface area contributed by atoms with Crippen molar-refractivity contribution in [2.24, 2.45) is 5.73 Å². The summed E-state index contributed by atoms with van der Waals surface area (Å²) in [4.78, 5) is 19.4. The first-order valence-corrected chi connectivity index (χ1v) is 16.0. The summed E-state index contributed by atoms with van der Waals surface area (Å²) in [7, 11) is 0. The molecule has 0 aliphatic carbocycles. The van der Waals surface area contributed by atoms with Crippen LogP contribution in [0.3, 0.4) is 0 Å². The predicted octanol–water partition coefficient (Wildman–Crippen LogP) is 7.50. The number of nitrogens with zero attached hydrogens (tertiary/aromatic N) is 3. The Kier molecular flexibility index (Phi) is 10.1. The van der Waals surface area contributed by atoms with Gasteiger partial charge in [-0.3, -0.25) is 4.79 Å². The molecule has 0 bridgehead atoms. The monoisotopic (exact) mass is 697 g/mol. The maximum Gasteiger partial charge on any atom is 0.573 e. The van der Waals surface area contributed by atoms with E-state index in [0.717, 1.165) is 46.5 Å². The van der Waals surface area contributed by atoms with Gasteiger partial charge >= 0.3 is 6.36 Å². The lowest BCUT2D eigenvalue weighted by molar-refractivity contribution is -0.274. The van der Waals surface area contributed by atoms with Crippen LogP contribution in [0.4, 0.5) is 18.9 Å². The largest absolute Gasteiger partial charge is 0.573 e. The van der Waals surface area contributed by atoms with Crippen LogP contribution in [0.1, 0.15) is 29.2 Å². The molecule has 1 saturated heterocycles. The Bertz CT molecular complexity index is 1890. The molecule has 1 atom stereocenters. The Labute approximate surface area is 285 Å². The Morgan fingerprint density at radius 1 is 0.938 bits per heavy atom. The SMILES string of the molecule is NC(=O)CC(NCc1ccc(Cl)c(Cl)c1)c1ccc2c(c1)nc(-c1ccc(N3CCOCC3)cc1)n2Cc1ccc(OC(F)(F)F)cc1. The fourth-order valence-electron chi connectivity index (χ4n) is 5.77. The number of carbonyl (C=O) groups is 1. The number of halogens is 5. The number of anilines is 1. The molecule has 5 aromatic rings. The summed E-state index contributed by atoms with van der Waals surface area (Å²) in [6.07, 6.45) is -4.72. The highest BCUT2D eigenvalue weighted by atomic mass is 35.5. The lowest BCUT2D eigenvalue weighted by Crippen LogP contribution is -2.36. The van der Waals surface area contributed by atoms with E-state index in [1.807, 2.05) is 41.0 Å². The summed E-state index contributed by atoms with van der Waals surface area (Å²) in [5.74, 6) is -0.0769. The molecule has 0 spiro atoms. The Morgan fingerprint density at radius 2 is 1.65 bits per heavy atom. The molecule has 1 fully saturated rings. The topological polar surface area (TPSA) is 94.6 Å². The molecular weight excluding hydrogens is 666 g/mol. The van der Waals surface area contributed by atoms with Gasteiger partial charge in [-0.15, -0.1) is 13.2 Å². The average Bonchev–Trinajstić information content (AvgIpc) is 3.42. The van der Waals surface area contributed by atoms with Crippen LogP contribution in [0.15, 0.2) is 84.9 Å². The van der Waals surface area contributed by atoms with Crippen LogP contribution in [-0.2, 0) is 22.6 Å². The minimum absolute atomic E-state index is 0.0513. The quantitative estimate of drug-likeness (QED) is 0.149. The van der Waals surface area contributed by atoms with E-state index >= 15 is 0 Å². The van der Waals surface area contributed by atoms with Gasteiger partial charge < -0.3 is 30.0 Å². The first kappa shape index (κ1) is 33.6. The van der Waals surface area contributed by atoms with Crippen molar-refractivity contribution in [3.8, 4) is 17.1 Å². The van der Waals surface area contributed by atoms with Crippen LogP contribution in [-0.4, -0.2) is 48.1 Å². The number of imidazole rings is 1. The Morgan fingerprint density at radius 3 is 2.31 bits per heavy atom. The number of ether oxygens (including phenoxy) is 2. The fourth-order valence-corrected chi connectivity index (χ4v) is 6.09. The van der Waals surface area contributed by atoms with Gasteiger partial charge in [0.2, 0.25) is 5.91 Å². The van der Waals surface area contributed by atoms with Crippen molar-refractivity contribution in [1.29, 1.82) is 0 Å². The summed E-state index contributed by atoms with van der Waals surface area (Å²) in [5.41, 5.74) is 11.5. The van der Waals surface area contributed by atoms with E-state index in [-0.39, 0.29) is 12.2 Å². The second-order valence-electron chi connectivity index (χ2n) is 11.5. The van der Waals surface area contributed by atoms with Gasteiger partial charge in [0.05, 0.1) is 34.3 Å². The molecule has 2 heterocycles. The fraction of sp³-hybridized carbons (Fsp3) is 0.257. The van der Waals surface area contributed by atoms with E-state index in [2.05, 4.69) is 27.1 Å². The third kappa shape index (κ3) is 8.22. The average molecular weight is 699 g/mol. The highest BCUT2D eigenvalue weighted by Gasteiger charge is 2.31. The minimum Gasteiger partial charge on any atom is -0.406 e. The highest BCUT2D eigenvalue weighted by molar-refractivity contribution is 6.42. The molecule has 0 radical (unpaired) electrons. The van der Waals surface area contributed by atoms with Crippen molar-refractivity contribution in [2.45, 2.75) is 31.9 Å². The zero-order valence-corrected chi connectivity index (χ0v) is 27.2. The normalized spacial score (nSPS) is 14.3. The van der Waals surface area contributed by atoms with E-state index in [1.54, 1.807) is 24.3 Å². The van der Waals surface area contributed by atoms with E-state index in [9.17, 15) is 18.0 Å². The summed E-state index contributed by atoms with van der Waals surface area (Å²) in [6, 6.07) is 24.6. The van der Waals surface area contributed by atoms with Crippen molar-refractivity contribution in [3.05, 3.63) is 112 Å². The number of morpholine rings is 1. The van der Waals surface area contributed by atoms with Gasteiger partial charge in [-0.05, 0) is 77.4 Å². The second kappa shape index (κ2) is 14.4. The molecule has 1 aromatic heterocycles. The predicted molar refractivity (Wildman–Crippen MR) is 180 cm³/mol. The molecule has 13 heteroatoms. The summed E-state index contributed by atoms with van der Waals surface area (Å²) < 4.78 is 49.8. The van der Waals surface area contributed by atoms with Gasteiger partial charge in [0.1, 0.15) is 11.6 Å². The van der Waals surface area contributed by atoms with Gasteiger partial charge in [0.15, 0.2) is 0 Å². The number of hydrogen-bond acceptors (Lipinski definition) is 6. The number of fused-ring (bicyclic) bond motifs is 1. The van der Waals surface area contributed by atoms with Crippen LogP contribution in [0.25, 0.3) is 22.4 Å². The molecular formula is C35H32Cl2F3N5O3. The number of benzene rings is 4. The number of primary amides is 1. The molecule has 1 amide bonds. The standard InChI is InChI=1S/C35H32Cl2F3N5O3/c36-28-11-3-23(17-29(28)37)20-42-30(19-33(41)46)25-6-12-32-31(18-25)43-34(24-4-7-26(8-5-24)44-13-15-47-16-14-44)45(32)21-22-1-9-27(10-2-22)48-35(38,39)40/h1-12,17-18,30,42H,13-16,19-21H2,(H2,41,46). The summed E-state index contributed by atoms with van der Waals surface area (Å²) in [5, 5.41) is 4.29. The number of alkyl halides is 3. The number of amides is 1. The van der Waals surface area contributed by atoms with Crippen LogP contribution < -0.4 is 20.7 Å². The molecule has 4 aromatic carbocycles. The van der Waals surface area contributed by atoms with E-state index in [0.29, 0.717) is 47.7 Å². The van der Waals surface area contributed by atoms with E-state index < -0.39 is 18.3 Å². The molecule has 1 aliphatic rings. The van der Waals surface area contributed by atoms with Crippen molar-refractivity contribution in [3.63, 3.8) is 0 Å². The maximum absolute atomic E-state index is 12.7. The van der Waals surface area contributed by atoms with Crippen LogP contribution in [0.5, 0.6) is 5.75 Å². The van der Waals surface area contributed by atoms with Gasteiger partial charge in [-0.25, -0.2) is 4.98 Å². The minimum atomic E-state index is -4.77. The molecule has 1 aliphatic heterocycles. The molecule has 3 N–H and O–H groups in total. The van der Waals surface area contributed by atoms with Crippen LogP contribution >= 0.6 is 23.2 Å². The molecule has 1 unspecified atom stereocenters. The van der Waals surface area contributed by atoms with Gasteiger partial charge in [0.25, 0.3) is 0 Å². The number of aromatic nitrogens is 2. The number of carbonyl (C=O) groups excluding carboxylic acids is 1. The number of hydrogen-bond donors (Lipinski definition) is 2. The third-order valence-electron chi connectivity index (χ3n) is 8.12. The first-order valence-electron chi connectivity index (χ1n) is 15.3. The maximum atomic E-state index is 12.7. The van der Waals surface area contributed by atoms with Crippen molar-refractivity contribution in [1.82, 2.24) is 14.9 Å². The molecule has 250 valence electrons. The number of nitrogens with one attached hydrogen (secondary N) is 1. The molecule has 8 nitrogen and oxygen atoms in total. The lowest BCUT2D eigenvalue weighted by atomic mass is 10.0.